The van der Waals surface area contributed by atoms with Crippen LogP contribution in [0.1, 0.15) is 53.6 Å². The van der Waals surface area contributed by atoms with Crippen LogP contribution in [-0.2, 0) is 11.2 Å². The maximum Gasteiger partial charge on any atom is 0.167 e. The number of hydrogen-bond donors (Lipinski definition) is 2. The van der Waals surface area contributed by atoms with Crippen molar-refractivity contribution in [2.24, 2.45) is 0 Å². The van der Waals surface area contributed by atoms with Crippen molar-refractivity contribution >= 4 is 12.1 Å². The molecule has 0 radical (unpaired) electrons. The summed E-state index contributed by atoms with van der Waals surface area (Å²) in [5.41, 5.74) is 3.06. The standard InChI is InChI=1S/C29H27FO3.2CH4O/c30-28-11-5-1-4-10-26(28)22-29(32)25-16-18-27(19-17-25)33-21-6-2-3-8-23-12-14-24(15-13-23)9-7-20-31;2*1-2/h1,4-5,10,12-20H,2,6-7,9,11,21-22H2;2*2H,1H3. The second-order valence-electron chi connectivity index (χ2n) is 7.70. The van der Waals surface area contributed by atoms with Crippen LogP contribution in [0.2, 0.25) is 0 Å². The first-order valence-electron chi connectivity index (χ1n) is 12.0. The lowest BCUT2D eigenvalue weighted by Gasteiger charge is -2.07. The largest absolute Gasteiger partial charge is 0.494 e. The van der Waals surface area contributed by atoms with Gasteiger partial charge in [-0.25, -0.2) is 4.39 Å². The van der Waals surface area contributed by atoms with Gasteiger partial charge in [-0.15, -0.1) is 0 Å². The molecule has 6 heteroatoms. The molecule has 0 heterocycles. The zero-order valence-electron chi connectivity index (χ0n) is 21.5. The van der Waals surface area contributed by atoms with Crippen LogP contribution in [0.4, 0.5) is 4.39 Å². The van der Waals surface area contributed by atoms with Crippen molar-refractivity contribution in [1.29, 1.82) is 0 Å². The molecule has 0 bridgehead atoms. The molecule has 0 saturated carbocycles. The molecule has 0 spiro atoms. The molecule has 0 amide bonds. The minimum Gasteiger partial charge on any atom is -0.494 e. The summed E-state index contributed by atoms with van der Waals surface area (Å²) in [7, 11) is 2.00. The maximum absolute atomic E-state index is 14.0. The molecule has 0 aliphatic heterocycles. The van der Waals surface area contributed by atoms with Crippen LogP contribution < -0.4 is 4.74 Å². The van der Waals surface area contributed by atoms with Gasteiger partial charge in [-0.2, -0.15) is 0 Å². The van der Waals surface area contributed by atoms with Crippen molar-refractivity contribution in [1.82, 2.24) is 0 Å². The van der Waals surface area contributed by atoms with Crippen LogP contribution in [0.3, 0.4) is 0 Å². The molecular weight excluding hydrogens is 471 g/mol. The van der Waals surface area contributed by atoms with Gasteiger partial charge in [0.05, 0.1) is 6.61 Å². The number of Topliss-reactive ketones (excluding diaryl/α,β-unsaturated/α-hetero) is 1. The highest BCUT2D eigenvalue weighted by Crippen LogP contribution is 2.22. The Hall–Kier alpha value is -3.79. The number of aldehydes is 1. The molecule has 2 aromatic carbocycles. The molecule has 2 N–H and O–H groups in total. The van der Waals surface area contributed by atoms with Gasteiger partial charge < -0.3 is 19.7 Å². The number of unbranched alkanes of at least 4 members (excludes halogenated alkanes) is 1. The Balaban J connectivity index is 0.00000163. The smallest absolute Gasteiger partial charge is 0.167 e. The minimum absolute atomic E-state index is 0.0460. The molecule has 3 rings (SSSR count). The fourth-order valence-corrected chi connectivity index (χ4v) is 3.31. The lowest BCUT2D eigenvalue weighted by Crippen LogP contribution is -2.02. The van der Waals surface area contributed by atoms with Gasteiger partial charge in [0.1, 0.15) is 17.9 Å². The first-order chi connectivity index (χ1) is 18.2. The second kappa shape index (κ2) is 19.4. The highest BCUT2D eigenvalue weighted by molar-refractivity contribution is 5.98. The molecule has 0 aromatic heterocycles. The number of ether oxygens (including phenoxy) is 1. The average molecular weight is 507 g/mol. The number of ketones is 1. The Labute approximate surface area is 219 Å². The van der Waals surface area contributed by atoms with Gasteiger partial charge in [0.25, 0.3) is 0 Å². The van der Waals surface area contributed by atoms with E-state index in [1.54, 1.807) is 48.6 Å². The number of carbonyl (C=O) groups excluding carboxylic acids is 2. The fraction of sp³-hybridized carbons (Fsp3) is 0.290. The molecule has 0 saturated heterocycles. The van der Waals surface area contributed by atoms with Crippen LogP contribution in [0.25, 0.3) is 0 Å². The third kappa shape index (κ3) is 12.1. The number of aryl methyl sites for hydroxylation is 1. The maximum atomic E-state index is 14.0. The quantitative estimate of drug-likeness (QED) is 0.191. The number of rotatable bonds is 10. The van der Waals surface area contributed by atoms with Gasteiger partial charge >= 0.3 is 0 Å². The molecule has 196 valence electrons. The van der Waals surface area contributed by atoms with Gasteiger partial charge in [-0.3, -0.25) is 4.79 Å². The first kappa shape index (κ1) is 31.2. The van der Waals surface area contributed by atoms with E-state index >= 15 is 0 Å². The molecule has 5 nitrogen and oxygen atoms in total. The van der Waals surface area contributed by atoms with Crippen LogP contribution in [-0.4, -0.2) is 43.1 Å². The predicted octanol–water partition coefficient (Wildman–Crippen LogP) is 5.56. The van der Waals surface area contributed by atoms with Crippen molar-refractivity contribution in [3.8, 4) is 17.6 Å². The zero-order valence-corrected chi connectivity index (χ0v) is 21.5. The van der Waals surface area contributed by atoms with Crippen molar-refractivity contribution in [3.63, 3.8) is 0 Å². The van der Waals surface area contributed by atoms with Gasteiger partial charge in [-0.1, -0.05) is 48.3 Å². The van der Waals surface area contributed by atoms with Gasteiger partial charge in [-0.05, 0) is 60.4 Å². The summed E-state index contributed by atoms with van der Waals surface area (Å²) in [6, 6.07) is 14.9. The zero-order chi connectivity index (χ0) is 27.3. The lowest BCUT2D eigenvalue weighted by atomic mass is 10.0. The summed E-state index contributed by atoms with van der Waals surface area (Å²) < 4.78 is 19.7. The van der Waals surface area contributed by atoms with Crippen molar-refractivity contribution in [2.75, 3.05) is 20.8 Å². The summed E-state index contributed by atoms with van der Waals surface area (Å²) in [5.74, 6) is 6.59. The van der Waals surface area contributed by atoms with E-state index in [0.29, 0.717) is 36.3 Å². The fourth-order valence-electron chi connectivity index (χ4n) is 3.31. The second-order valence-corrected chi connectivity index (χ2v) is 7.70. The van der Waals surface area contributed by atoms with Crippen molar-refractivity contribution < 1.29 is 28.9 Å². The predicted molar refractivity (Wildman–Crippen MR) is 145 cm³/mol. The molecule has 2 aromatic rings. The number of aliphatic hydroxyl groups excluding tert-OH is 2. The average Bonchev–Trinajstić information content (AvgIpc) is 3.16. The molecule has 37 heavy (non-hydrogen) atoms. The van der Waals surface area contributed by atoms with Crippen LogP contribution >= 0.6 is 0 Å². The minimum atomic E-state index is -0.261. The summed E-state index contributed by atoms with van der Waals surface area (Å²) in [6.07, 6.45) is 10.9. The Morgan fingerprint density at radius 3 is 2.41 bits per heavy atom. The highest BCUT2D eigenvalue weighted by atomic mass is 19.1. The number of halogens is 1. The molecule has 1 aliphatic carbocycles. The third-order valence-corrected chi connectivity index (χ3v) is 5.17. The Morgan fingerprint density at radius 1 is 1.03 bits per heavy atom. The van der Waals surface area contributed by atoms with Gasteiger partial charge in [0, 0.05) is 51.0 Å². The number of carbonyl (C=O) groups is 2. The van der Waals surface area contributed by atoms with Gasteiger partial charge in [0.2, 0.25) is 0 Å². The number of aliphatic hydroxyl groups is 2. The van der Waals surface area contributed by atoms with E-state index < -0.39 is 0 Å². The van der Waals surface area contributed by atoms with E-state index in [2.05, 4.69) is 11.8 Å². The lowest BCUT2D eigenvalue weighted by molar-refractivity contribution is -0.107. The first-order valence-corrected chi connectivity index (χ1v) is 12.0. The van der Waals surface area contributed by atoms with E-state index in [0.717, 1.165) is 44.5 Å². The molecule has 0 unspecified atom stereocenters. The van der Waals surface area contributed by atoms with Gasteiger partial charge in [0.15, 0.2) is 5.78 Å². The molecular formula is C31H35FO5. The molecule has 1 aliphatic rings. The van der Waals surface area contributed by atoms with Crippen LogP contribution in [0.5, 0.6) is 5.75 Å². The topological polar surface area (TPSA) is 83.8 Å². The van der Waals surface area contributed by atoms with E-state index in [1.807, 2.05) is 24.3 Å². The number of hydrogen-bond acceptors (Lipinski definition) is 5. The van der Waals surface area contributed by atoms with E-state index in [-0.39, 0.29) is 24.5 Å². The molecule has 0 atom stereocenters. The van der Waals surface area contributed by atoms with Crippen molar-refractivity contribution in [2.45, 2.75) is 38.5 Å². The number of allylic oxidation sites excluding steroid dienone is 6. The summed E-state index contributed by atoms with van der Waals surface area (Å²) >= 11 is 0. The number of benzene rings is 2. The molecule has 0 fully saturated rings. The Bertz CT molecular complexity index is 1100. The van der Waals surface area contributed by atoms with E-state index in [1.165, 1.54) is 0 Å². The third-order valence-electron chi connectivity index (χ3n) is 5.17. The van der Waals surface area contributed by atoms with E-state index in [9.17, 15) is 14.0 Å². The highest BCUT2D eigenvalue weighted by Gasteiger charge is 2.12. The Kier molecular flexibility index (Phi) is 16.4. The summed E-state index contributed by atoms with van der Waals surface area (Å²) in [6.45, 7) is 0.530. The van der Waals surface area contributed by atoms with Crippen molar-refractivity contribution in [3.05, 3.63) is 101 Å². The summed E-state index contributed by atoms with van der Waals surface area (Å²) in [5, 5.41) is 14.0. The summed E-state index contributed by atoms with van der Waals surface area (Å²) in [4.78, 5) is 22.9. The normalized spacial score (nSPS) is 11.6. The van der Waals surface area contributed by atoms with Crippen LogP contribution in [0.15, 0.2) is 84.2 Å². The SMILES string of the molecule is CO.CO.O=CCCc1ccc(C#CCCCOc2ccc(C(=O)CC3=C(F)CC=CC=C3)cc2)cc1. The van der Waals surface area contributed by atoms with E-state index in [4.69, 9.17) is 14.9 Å². The Morgan fingerprint density at radius 2 is 1.73 bits per heavy atom. The van der Waals surface area contributed by atoms with Crippen LogP contribution in [0, 0.1) is 11.8 Å². The monoisotopic (exact) mass is 506 g/mol.